The fourth-order valence-corrected chi connectivity index (χ4v) is 2.80. The van der Waals surface area contributed by atoms with Gasteiger partial charge in [0.15, 0.2) is 6.54 Å². The summed E-state index contributed by atoms with van der Waals surface area (Å²) < 4.78 is 10.4. The average molecular weight is 366 g/mol. The predicted octanol–water partition coefficient (Wildman–Crippen LogP) is 2.31. The number of amides is 1. The van der Waals surface area contributed by atoms with E-state index in [4.69, 9.17) is 9.26 Å². The van der Waals surface area contributed by atoms with Crippen LogP contribution in [-0.4, -0.2) is 31.8 Å². The van der Waals surface area contributed by atoms with Crippen molar-refractivity contribution >= 4 is 11.8 Å². The minimum absolute atomic E-state index is 0.118. The first-order valence-electron chi connectivity index (χ1n) is 8.81. The first kappa shape index (κ1) is 18.7. The van der Waals surface area contributed by atoms with E-state index >= 15 is 0 Å². The van der Waals surface area contributed by atoms with Crippen LogP contribution in [0.5, 0.6) is 5.75 Å². The number of rotatable bonds is 7. The van der Waals surface area contributed by atoms with Gasteiger partial charge in [0, 0.05) is 17.2 Å². The molecule has 1 unspecified atom stereocenters. The monoisotopic (exact) mass is 366 g/mol. The molecular weight excluding hydrogens is 342 g/mol. The number of aromatic nitrogens is 1. The normalized spacial score (nSPS) is 11.8. The fraction of sp³-hybridized carbons (Fsp3) is 0.238. The largest absolute Gasteiger partial charge is 0.497 e. The van der Waals surface area contributed by atoms with Gasteiger partial charge in [0.2, 0.25) is 5.88 Å². The number of anilines is 1. The van der Waals surface area contributed by atoms with E-state index in [1.165, 1.54) is 5.56 Å². The molecule has 0 aliphatic carbocycles. The van der Waals surface area contributed by atoms with E-state index in [1.807, 2.05) is 62.5 Å². The number of hydrogen-bond donors (Lipinski definition) is 2. The van der Waals surface area contributed by atoms with E-state index in [0.717, 1.165) is 28.3 Å². The maximum absolute atomic E-state index is 12.3. The molecule has 3 rings (SSSR count). The standard InChI is InChI=1S/C21H23N3O3/c1-15-4-8-17(9-5-15)19-12-21(27-23-19)22-20(25)14-24(2)13-16-6-10-18(26-3)11-7-16/h4-12H,13-14H2,1-3H3,(H,22,25)/p+1. The molecule has 0 aliphatic heterocycles. The van der Waals surface area contributed by atoms with Crippen LogP contribution < -0.4 is 15.0 Å². The van der Waals surface area contributed by atoms with E-state index in [-0.39, 0.29) is 5.91 Å². The second-order valence-corrected chi connectivity index (χ2v) is 6.65. The van der Waals surface area contributed by atoms with Crippen molar-refractivity contribution in [3.05, 3.63) is 65.7 Å². The maximum Gasteiger partial charge on any atom is 0.281 e. The third-order valence-corrected chi connectivity index (χ3v) is 4.25. The Hall–Kier alpha value is -3.12. The number of quaternary nitrogens is 1. The molecule has 0 saturated heterocycles. The summed E-state index contributed by atoms with van der Waals surface area (Å²) in [6, 6.07) is 17.6. The Morgan fingerprint density at radius 3 is 2.52 bits per heavy atom. The number of likely N-dealkylation sites (N-methyl/N-ethyl adjacent to an activating group) is 1. The van der Waals surface area contributed by atoms with Gasteiger partial charge < -0.3 is 14.2 Å². The lowest BCUT2D eigenvalue weighted by molar-refractivity contribution is -0.885. The summed E-state index contributed by atoms with van der Waals surface area (Å²) in [5.74, 6) is 1.06. The highest BCUT2D eigenvalue weighted by molar-refractivity contribution is 5.90. The molecule has 2 aromatic carbocycles. The van der Waals surface area contributed by atoms with E-state index in [2.05, 4.69) is 10.5 Å². The van der Waals surface area contributed by atoms with Crippen LogP contribution in [0.4, 0.5) is 5.88 Å². The molecule has 2 N–H and O–H groups in total. The second-order valence-electron chi connectivity index (χ2n) is 6.65. The topological polar surface area (TPSA) is 68.8 Å². The molecule has 6 heteroatoms. The van der Waals surface area contributed by atoms with Crippen molar-refractivity contribution in [2.45, 2.75) is 13.5 Å². The van der Waals surface area contributed by atoms with Crippen LogP contribution in [-0.2, 0) is 11.3 Å². The zero-order valence-electron chi connectivity index (χ0n) is 15.8. The van der Waals surface area contributed by atoms with Crippen LogP contribution >= 0.6 is 0 Å². The fourth-order valence-electron chi connectivity index (χ4n) is 2.80. The van der Waals surface area contributed by atoms with Crippen LogP contribution in [0.3, 0.4) is 0 Å². The van der Waals surface area contributed by atoms with Gasteiger partial charge in [-0.15, -0.1) is 0 Å². The van der Waals surface area contributed by atoms with Crippen LogP contribution in [0.15, 0.2) is 59.1 Å². The predicted molar refractivity (Wildman–Crippen MR) is 104 cm³/mol. The zero-order chi connectivity index (χ0) is 19.2. The third kappa shape index (κ3) is 5.18. The summed E-state index contributed by atoms with van der Waals surface area (Å²) in [6.45, 7) is 3.10. The van der Waals surface area contributed by atoms with Gasteiger partial charge in [-0.05, 0) is 31.2 Å². The smallest absolute Gasteiger partial charge is 0.281 e. The first-order chi connectivity index (χ1) is 13.0. The Balaban J connectivity index is 1.53. The van der Waals surface area contributed by atoms with Gasteiger partial charge in [0.05, 0.1) is 14.2 Å². The second kappa shape index (κ2) is 8.51. The van der Waals surface area contributed by atoms with Gasteiger partial charge in [-0.2, -0.15) is 0 Å². The third-order valence-electron chi connectivity index (χ3n) is 4.25. The quantitative estimate of drug-likeness (QED) is 0.673. The lowest BCUT2D eigenvalue weighted by Gasteiger charge is -2.13. The molecule has 0 aliphatic rings. The minimum atomic E-state index is -0.118. The summed E-state index contributed by atoms with van der Waals surface area (Å²) in [7, 11) is 3.62. The van der Waals surface area contributed by atoms with Crippen molar-refractivity contribution in [1.82, 2.24) is 5.16 Å². The molecule has 0 bridgehead atoms. The molecule has 27 heavy (non-hydrogen) atoms. The summed E-state index contributed by atoms with van der Waals surface area (Å²) in [4.78, 5) is 13.3. The summed E-state index contributed by atoms with van der Waals surface area (Å²) in [5.41, 5.74) is 3.97. The molecule has 1 amide bonds. The van der Waals surface area contributed by atoms with Crippen molar-refractivity contribution in [2.24, 2.45) is 0 Å². The van der Waals surface area contributed by atoms with E-state index in [0.29, 0.717) is 18.1 Å². The molecule has 1 heterocycles. The van der Waals surface area contributed by atoms with E-state index in [9.17, 15) is 4.79 Å². The number of nitrogens with zero attached hydrogens (tertiary/aromatic N) is 1. The molecule has 0 fully saturated rings. The zero-order valence-corrected chi connectivity index (χ0v) is 15.8. The Kier molecular flexibility index (Phi) is 5.88. The van der Waals surface area contributed by atoms with Gasteiger partial charge in [-0.3, -0.25) is 10.1 Å². The van der Waals surface area contributed by atoms with Crippen LogP contribution in [0, 0.1) is 6.92 Å². The van der Waals surface area contributed by atoms with Crippen molar-refractivity contribution in [3.63, 3.8) is 0 Å². The lowest BCUT2D eigenvalue weighted by atomic mass is 10.1. The van der Waals surface area contributed by atoms with E-state index in [1.54, 1.807) is 13.2 Å². The Morgan fingerprint density at radius 1 is 1.15 bits per heavy atom. The SMILES string of the molecule is COc1ccc(C[NH+](C)CC(=O)Nc2cc(-c3ccc(C)cc3)no2)cc1. The number of hydrogen-bond acceptors (Lipinski definition) is 4. The van der Waals surface area contributed by atoms with Gasteiger partial charge in [0.1, 0.15) is 18.0 Å². The minimum Gasteiger partial charge on any atom is -0.497 e. The number of nitrogens with one attached hydrogen (secondary N) is 2. The lowest BCUT2D eigenvalue weighted by Crippen LogP contribution is -3.08. The first-order valence-corrected chi connectivity index (χ1v) is 8.81. The molecule has 1 aromatic heterocycles. The Morgan fingerprint density at radius 2 is 1.85 bits per heavy atom. The van der Waals surface area contributed by atoms with Crippen molar-refractivity contribution in [3.8, 4) is 17.0 Å². The van der Waals surface area contributed by atoms with Crippen LogP contribution in [0.1, 0.15) is 11.1 Å². The Bertz CT molecular complexity index is 886. The summed E-state index contributed by atoms with van der Waals surface area (Å²) in [6.07, 6.45) is 0. The number of benzene rings is 2. The number of aryl methyl sites for hydroxylation is 1. The molecule has 0 radical (unpaired) electrons. The summed E-state index contributed by atoms with van der Waals surface area (Å²) >= 11 is 0. The van der Waals surface area contributed by atoms with Gasteiger partial charge in [0.25, 0.3) is 5.91 Å². The van der Waals surface area contributed by atoms with E-state index < -0.39 is 0 Å². The molecular formula is C21H24N3O3+. The van der Waals surface area contributed by atoms with Crippen molar-refractivity contribution in [1.29, 1.82) is 0 Å². The molecule has 1 atom stereocenters. The summed E-state index contributed by atoms with van der Waals surface area (Å²) in [5, 5.41) is 6.79. The maximum atomic E-state index is 12.3. The number of carbonyl (C=O) groups is 1. The van der Waals surface area contributed by atoms with Gasteiger partial charge >= 0.3 is 0 Å². The van der Waals surface area contributed by atoms with Gasteiger partial charge in [-0.1, -0.05) is 35.0 Å². The van der Waals surface area contributed by atoms with Gasteiger partial charge in [-0.25, -0.2) is 0 Å². The Labute approximate surface area is 158 Å². The highest BCUT2D eigenvalue weighted by atomic mass is 16.5. The molecule has 0 spiro atoms. The van der Waals surface area contributed by atoms with Crippen LogP contribution in [0.25, 0.3) is 11.3 Å². The van der Waals surface area contributed by atoms with Crippen LogP contribution in [0.2, 0.25) is 0 Å². The molecule has 6 nitrogen and oxygen atoms in total. The van der Waals surface area contributed by atoms with Crippen molar-refractivity contribution in [2.75, 3.05) is 26.0 Å². The number of carbonyl (C=O) groups excluding carboxylic acids is 1. The number of ether oxygens (including phenoxy) is 1. The molecule has 0 saturated carbocycles. The number of methoxy groups -OCH3 is 1. The highest BCUT2D eigenvalue weighted by Crippen LogP contribution is 2.21. The molecule has 3 aromatic rings. The highest BCUT2D eigenvalue weighted by Gasteiger charge is 2.14. The average Bonchev–Trinajstić information content (AvgIpc) is 3.11. The van der Waals surface area contributed by atoms with Crippen molar-refractivity contribution < 1.29 is 19.0 Å². The molecule has 140 valence electrons.